The molecule has 50 heavy (non-hydrogen) atoms. The SMILES string of the molecule is CC(C)(C)/C=C/c1ccc(C(Cc2ccc(C(=O)NCCS(=O)(=O)[O-])cc2)C(=O)Nc2ccc(-c3ccc(C(F)(F)F)cc3Cl)cc2)cc1.[Na+]. The van der Waals surface area contributed by atoms with Crippen molar-refractivity contribution < 1.29 is 65.3 Å². The van der Waals surface area contributed by atoms with Crippen molar-refractivity contribution in [3.8, 4) is 11.1 Å². The van der Waals surface area contributed by atoms with E-state index in [4.69, 9.17) is 11.6 Å². The van der Waals surface area contributed by atoms with Crippen LogP contribution in [0, 0.1) is 5.41 Å². The third kappa shape index (κ3) is 12.4. The van der Waals surface area contributed by atoms with Crippen molar-refractivity contribution >= 4 is 45.3 Å². The zero-order chi connectivity index (χ0) is 36.0. The second-order valence-corrected chi connectivity index (χ2v) is 14.5. The van der Waals surface area contributed by atoms with Gasteiger partial charge in [0.05, 0.1) is 27.4 Å². The molecule has 2 amide bonds. The molecule has 1 atom stereocenters. The molecule has 4 aromatic rings. The number of halogens is 4. The summed E-state index contributed by atoms with van der Waals surface area (Å²) in [6.45, 7) is 5.96. The van der Waals surface area contributed by atoms with E-state index in [1.807, 2.05) is 30.3 Å². The average Bonchev–Trinajstić information content (AvgIpc) is 3.02. The first-order valence-electron chi connectivity index (χ1n) is 15.3. The van der Waals surface area contributed by atoms with Crippen molar-refractivity contribution in [3.63, 3.8) is 0 Å². The molecule has 0 saturated carbocycles. The number of benzene rings is 4. The molecule has 0 spiro atoms. The van der Waals surface area contributed by atoms with Gasteiger partial charge in [0, 0.05) is 28.4 Å². The molecule has 2 N–H and O–H groups in total. The summed E-state index contributed by atoms with van der Waals surface area (Å²) in [6.07, 6.45) is -0.137. The van der Waals surface area contributed by atoms with Crippen LogP contribution in [-0.2, 0) is 27.5 Å². The Morgan fingerprint density at radius 2 is 1.52 bits per heavy atom. The van der Waals surface area contributed by atoms with Crippen molar-refractivity contribution in [1.82, 2.24) is 5.32 Å². The van der Waals surface area contributed by atoms with Gasteiger partial charge in [-0.15, -0.1) is 0 Å². The van der Waals surface area contributed by atoms with Crippen molar-refractivity contribution in [3.05, 3.63) is 130 Å². The van der Waals surface area contributed by atoms with Gasteiger partial charge in [0.25, 0.3) is 5.91 Å². The molecule has 0 aliphatic heterocycles. The van der Waals surface area contributed by atoms with Crippen LogP contribution in [-0.4, -0.2) is 37.1 Å². The molecular formula is C37H35ClF3N2NaO5S. The van der Waals surface area contributed by atoms with Crippen LogP contribution >= 0.6 is 11.6 Å². The van der Waals surface area contributed by atoms with Crippen molar-refractivity contribution in [1.29, 1.82) is 0 Å². The average molecular weight is 735 g/mol. The van der Waals surface area contributed by atoms with Crippen LogP contribution in [0.1, 0.15) is 59.3 Å². The Kier molecular flexibility index (Phi) is 14.1. The number of hydrogen-bond acceptors (Lipinski definition) is 5. The van der Waals surface area contributed by atoms with Crippen LogP contribution in [0.25, 0.3) is 17.2 Å². The molecule has 4 rings (SSSR count). The van der Waals surface area contributed by atoms with Gasteiger partial charge in [-0.2, -0.15) is 13.2 Å². The Balaban J connectivity index is 0.00000676. The Hall–Kier alpha value is -3.45. The summed E-state index contributed by atoms with van der Waals surface area (Å²) < 4.78 is 71.7. The molecule has 13 heteroatoms. The predicted molar refractivity (Wildman–Crippen MR) is 185 cm³/mol. The summed E-state index contributed by atoms with van der Waals surface area (Å²) in [5, 5.41) is 5.28. The molecular weight excluding hydrogens is 700 g/mol. The molecule has 7 nitrogen and oxygen atoms in total. The Morgan fingerprint density at radius 1 is 0.900 bits per heavy atom. The number of hydrogen-bond donors (Lipinski definition) is 2. The van der Waals surface area contributed by atoms with Crippen molar-refractivity contribution in [2.45, 2.75) is 39.3 Å². The third-order valence-corrected chi connectivity index (χ3v) is 8.50. The van der Waals surface area contributed by atoms with E-state index in [2.05, 4.69) is 37.5 Å². The molecule has 258 valence electrons. The quantitative estimate of drug-likeness (QED) is 0.160. The van der Waals surface area contributed by atoms with Gasteiger partial charge in [-0.25, -0.2) is 8.42 Å². The van der Waals surface area contributed by atoms with Crippen LogP contribution in [0.4, 0.5) is 18.9 Å². The minimum Gasteiger partial charge on any atom is -0.748 e. The second kappa shape index (κ2) is 17.2. The van der Waals surface area contributed by atoms with Gasteiger partial charge in [0.1, 0.15) is 0 Å². The Bertz CT molecular complexity index is 1930. The summed E-state index contributed by atoms with van der Waals surface area (Å²) in [6, 6.07) is 23.9. The Labute approximate surface area is 317 Å². The van der Waals surface area contributed by atoms with Gasteiger partial charge in [-0.1, -0.05) is 99.1 Å². The first-order valence-corrected chi connectivity index (χ1v) is 17.2. The summed E-state index contributed by atoms with van der Waals surface area (Å²) in [5.41, 5.74) is 3.34. The number of amides is 2. The second-order valence-electron chi connectivity index (χ2n) is 12.6. The minimum atomic E-state index is -4.51. The molecule has 0 heterocycles. The van der Waals surface area contributed by atoms with Gasteiger partial charge < -0.3 is 15.2 Å². The monoisotopic (exact) mass is 734 g/mol. The van der Waals surface area contributed by atoms with Crippen LogP contribution in [0.3, 0.4) is 0 Å². The largest absolute Gasteiger partial charge is 1.00 e. The normalized spacial score (nSPS) is 12.6. The number of alkyl halides is 3. The van der Waals surface area contributed by atoms with Crippen LogP contribution in [0.15, 0.2) is 97.1 Å². The van der Waals surface area contributed by atoms with Crippen LogP contribution in [0.5, 0.6) is 0 Å². The first-order chi connectivity index (χ1) is 22.9. The van der Waals surface area contributed by atoms with E-state index < -0.39 is 39.4 Å². The smallest absolute Gasteiger partial charge is 0.748 e. The summed E-state index contributed by atoms with van der Waals surface area (Å²) in [7, 11) is -4.46. The number of carbonyl (C=O) groups excluding carboxylic acids is 2. The summed E-state index contributed by atoms with van der Waals surface area (Å²) in [4.78, 5) is 26.2. The topological polar surface area (TPSA) is 115 Å². The zero-order valence-electron chi connectivity index (χ0n) is 28.0. The summed E-state index contributed by atoms with van der Waals surface area (Å²) in [5.74, 6) is -2.21. The van der Waals surface area contributed by atoms with Gasteiger partial charge in [0.15, 0.2) is 0 Å². The number of nitrogens with one attached hydrogen (secondary N) is 2. The molecule has 4 aromatic carbocycles. The van der Waals surface area contributed by atoms with E-state index in [9.17, 15) is 35.7 Å². The van der Waals surface area contributed by atoms with E-state index in [0.717, 1.165) is 28.8 Å². The predicted octanol–water partition coefficient (Wildman–Crippen LogP) is 5.33. The van der Waals surface area contributed by atoms with E-state index in [1.165, 1.54) is 6.07 Å². The molecule has 0 aromatic heterocycles. The fourth-order valence-electron chi connectivity index (χ4n) is 4.86. The van der Waals surface area contributed by atoms with Gasteiger partial charge in [-0.3, -0.25) is 9.59 Å². The van der Waals surface area contributed by atoms with E-state index in [-0.39, 0.29) is 64.4 Å². The minimum absolute atomic E-state index is 0. The maximum absolute atomic E-state index is 13.8. The number of allylic oxidation sites excluding steroid dienone is 1. The van der Waals surface area contributed by atoms with Crippen molar-refractivity contribution in [2.75, 3.05) is 17.6 Å². The molecule has 0 bridgehead atoms. The van der Waals surface area contributed by atoms with E-state index in [0.29, 0.717) is 16.8 Å². The summed E-state index contributed by atoms with van der Waals surface area (Å²) >= 11 is 6.17. The van der Waals surface area contributed by atoms with Crippen LogP contribution < -0.4 is 40.2 Å². The molecule has 1 unspecified atom stereocenters. The number of carbonyl (C=O) groups is 2. The van der Waals surface area contributed by atoms with Gasteiger partial charge >= 0.3 is 35.7 Å². The van der Waals surface area contributed by atoms with E-state index in [1.54, 1.807) is 48.5 Å². The fourth-order valence-corrected chi connectivity index (χ4v) is 5.50. The number of anilines is 1. The third-order valence-electron chi connectivity index (χ3n) is 7.48. The fraction of sp³-hybridized carbons (Fsp3) is 0.243. The van der Waals surface area contributed by atoms with Crippen LogP contribution in [0.2, 0.25) is 5.02 Å². The standard InChI is InChI=1S/C37H36ClF3N2O5S.Na/c1-36(2,3)19-18-24-4-8-27(9-5-24)32(22-25-6-10-28(11-7-25)34(44)42-20-21-49(46,47)48)35(45)43-30-15-12-26(13-16-30)31-17-14-29(23-33(31)38)37(39,40)41;/h4-19,23,32H,20-22H2,1-3H3,(H,42,44)(H,43,45)(H,46,47,48);/q;+1/p-1/b19-18+;. The molecule has 0 fully saturated rings. The first kappa shape index (κ1) is 41.0. The molecule has 0 radical (unpaired) electrons. The van der Waals surface area contributed by atoms with Gasteiger partial charge in [0.2, 0.25) is 5.91 Å². The van der Waals surface area contributed by atoms with Gasteiger partial charge in [-0.05, 0) is 70.5 Å². The molecule has 0 aliphatic rings. The van der Waals surface area contributed by atoms with E-state index >= 15 is 0 Å². The zero-order valence-corrected chi connectivity index (χ0v) is 31.5. The molecule has 0 aliphatic carbocycles. The molecule has 0 saturated heterocycles. The maximum Gasteiger partial charge on any atom is 1.00 e. The number of rotatable bonds is 11. The maximum atomic E-state index is 13.8. The Morgan fingerprint density at radius 3 is 2.06 bits per heavy atom. The van der Waals surface area contributed by atoms with Crippen molar-refractivity contribution in [2.24, 2.45) is 5.41 Å².